The number of hydrogen-bond donors (Lipinski definition) is 1. The number of rotatable bonds is 6. The summed E-state index contributed by atoms with van der Waals surface area (Å²) >= 11 is 11.7. The Morgan fingerprint density at radius 1 is 1.28 bits per heavy atom. The van der Waals surface area contributed by atoms with Gasteiger partial charge in [0.05, 0.1) is 30.4 Å². The molecule has 0 radical (unpaired) electrons. The SMILES string of the molecule is CCOc1ccc(NC(=O)c2cnc(Cl)c(Cl)c2)cc1S(=O)(=O)N1CCOCC1. The largest absolute Gasteiger partial charge is 0.492 e. The number of morpholine rings is 1. The number of halogens is 2. The van der Waals surface area contributed by atoms with Gasteiger partial charge in [0.15, 0.2) is 0 Å². The highest BCUT2D eigenvalue weighted by Crippen LogP contribution is 2.31. The van der Waals surface area contributed by atoms with E-state index in [1.807, 2.05) is 0 Å². The van der Waals surface area contributed by atoms with E-state index in [1.54, 1.807) is 13.0 Å². The van der Waals surface area contributed by atoms with Crippen LogP contribution in [-0.2, 0) is 14.8 Å². The van der Waals surface area contributed by atoms with Crippen molar-refractivity contribution in [1.29, 1.82) is 0 Å². The summed E-state index contributed by atoms with van der Waals surface area (Å²) in [6.45, 7) is 3.21. The van der Waals surface area contributed by atoms with E-state index in [0.717, 1.165) is 0 Å². The van der Waals surface area contributed by atoms with Crippen molar-refractivity contribution in [2.24, 2.45) is 0 Å². The molecule has 3 rings (SSSR count). The highest BCUT2D eigenvalue weighted by Gasteiger charge is 2.30. The minimum atomic E-state index is -3.82. The molecule has 2 aromatic rings. The van der Waals surface area contributed by atoms with Crippen LogP contribution >= 0.6 is 23.2 Å². The molecule has 1 aliphatic heterocycles. The molecule has 11 heteroatoms. The summed E-state index contributed by atoms with van der Waals surface area (Å²) in [5, 5.41) is 2.87. The maximum atomic E-state index is 13.1. The Morgan fingerprint density at radius 3 is 2.66 bits per heavy atom. The van der Waals surface area contributed by atoms with Crippen LogP contribution in [0, 0.1) is 0 Å². The number of ether oxygens (including phenoxy) is 2. The minimum absolute atomic E-state index is 0.0219. The first-order valence-corrected chi connectivity index (χ1v) is 11.0. The van der Waals surface area contributed by atoms with Crippen LogP contribution < -0.4 is 10.1 Å². The molecule has 0 spiro atoms. The van der Waals surface area contributed by atoms with Gasteiger partial charge in [-0.1, -0.05) is 23.2 Å². The fourth-order valence-corrected chi connectivity index (χ4v) is 4.57. The van der Waals surface area contributed by atoms with Crippen LogP contribution in [0.4, 0.5) is 5.69 Å². The zero-order valence-electron chi connectivity index (χ0n) is 15.5. The van der Waals surface area contributed by atoms with Crippen LogP contribution in [-0.4, -0.2) is 56.5 Å². The van der Waals surface area contributed by atoms with Crippen molar-refractivity contribution >= 4 is 44.8 Å². The monoisotopic (exact) mass is 459 g/mol. The fourth-order valence-electron chi connectivity index (χ4n) is 2.74. The van der Waals surface area contributed by atoms with Crippen LogP contribution in [0.15, 0.2) is 35.4 Å². The number of benzene rings is 1. The Hall–Kier alpha value is -1.91. The third-order valence-corrected chi connectivity index (χ3v) is 6.75. The summed E-state index contributed by atoms with van der Waals surface area (Å²) in [5.74, 6) is -0.289. The van der Waals surface area contributed by atoms with Crippen LogP contribution in [0.25, 0.3) is 0 Å². The van der Waals surface area contributed by atoms with Gasteiger partial charge in [0.25, 0.3) is 5.91 Å². The Labute approximate surface area is 178 Å². The molecule has 0 saturated carbocycles. The van der Waals surface area contributed by atoms with Crippen molar-refractivity contribution < 1.29 is 22.7 Å². The van der Waals surface area contributed by atoms with Gasteiger partial charge in [0.1, 0.15) is 15.8 Å². The van der Waals surface area contributed by atoms with Gasteiger partial charge in [-0.05, 0) is 31.2 Å². The normalized spacial score (nSPS) is 15.1. The molecule has 8 nitrogen and oxygen atoms in total. The molecule has 1 aromatic heterocycles. The molecule has 1 fully saturated rings. The summed E-state index contributed by atoms with van der Waals surface area (Å²) in [6.07, 6.45) is 1.28. The van der Waals surface area contributed by atoms with Crippen molar-refractivity contribution in [3.8, 4) is 5.75 Å². The first kappa shape index (κ1) is 21.8. The number of nitrogens with zero attached hydrogens (tertiary/aromatic N) is 2. The van der Waals surface area contributed by atoms with E-state index in [-0.39, 0.29) is 45.2 Å². The lowest BCUT2D eigenvalue weighted by Crippen LogP contribution is -2.40. The van der Waals surface area contributed by atoms with E-state index < -0.39 is 15.9 Å². The second kappa shape index (κ2) is 9.27. The van der Waals surface area contributed by atoms with Crippen molar-refractivity contribution in [2.75, 3.05) is 38.2 Å². The summed E-state index contributed by atoms with van der Waals surface area (Å²) in [5.41, 5.74) is 0.474. The molecule has 0 atom stereocenters. The number of hydrogen-bond acceptors (Lipinski definition) is 6. The van der Waals surface area contributed by atoms with E-state index in [0.29, 0.717) is 19.8 Å². The van der Waals surface area contributed by atoms with Crippen molar-refractivity contribution in [2.45, 2.75) is 11.8 Å². The lowest BCUT2D eigenvalue weighted by Gasteiger charge is -2.27. The molecule has 0 bridgehead atoms. The smallest absolute Gasteiger partial charge is 0.257 e. The van der Waals surface area contributed by atoms with Crippen LogP contribution in [0.3, 0.4) is 0 Å². The van der Waals surface area contributed by atoms with E-state index in [2.05, 4.69) is 10.3 Å². The Bertz CT molecular complexity index is 1010. The minimum Gasteiger partial charge on any atom is -0.492 e. The van der Waals surface area contributed by atoms with E-state index in [9.17, 15) is 13.2 Å². The predicted octanol–water partition coefficient (Wildman–Crippen LogP) is 3.06. The van der Waals surface area contributed by atoms with Gasteiger partial charge in [-0.2, -0.15) is 4.31 Å². The molecule has 1 aliphatic rings. The zero-order chi connectivity index (χ0) is 21.0. The highest BCUT2D eigenvalue weighted by atomic mass is 35.5. The molecule has 156 valence electrons. The standard InChI is InChI=1S/C18H19Cl2N3O5S/c1-2-28-15-4-3-13(22-18(24)12-9-14(19)17(20)21-11-12)10-16(15)29(25,26)23-5-7-27-8-6-23/h3-4,9-11H,2,5-8H2,1H3,(H,22,24). The number of anilines is 1. The number of carbonyl (C=O) groups is 1. The van der Waals surface area contributed by atoms with Gasteiger partial charge >= 0.3 is 0 Å². The fraction of sp³-hybridized carbons (Fsp3) is 0.333. The summed E-state index contributed by atoms with van der Waals surface area (Å²) in [7, 11) is -3.82. The maximum absolute atomic E-state index is 13.1. The van der Waals surface area contributed by atoms with Crippen molar-refractivity contribution in [3.63, 3.8) is 0 Å². The predicted molar refractivity (Wildman–Crippen MR) is 109 cm³/mol. The van der Waals surface area contributed by atoms with E-state index >= 15 is 0 Å². The van der Waals surface area contributed by atoms with Crippen molar-refractivity contribution in [3.05, 3.63) is 46.2 Å². The molecule has 0 unspecified atom stereocenters. The second-order valence-electron chi connectivity index (χ2n) is 6.06. The summed E-state index contributed by atoms with van der Waals surface area (Å²) in [6, 6.07) is 5.83. The molecular formula is C18H19Cl2N3O5S. The molecule has 29 heavy (non-hydrogen) atoms. The topological polar surface area (TPSA) is 97.8 Å². The Morgan fingerprint density at radius 2 is 2.00 bits per heavy atom. The summed E-state index contributed by atoms with van der Waals surface area (Å²) in [4.78, 5) is 16.3. The lowest BCUT2D eigenvalue weighted by atomic mass is 10.2. The number of amides is 1. The maximum Gasteiger partial charge on any atom is 0.257 e. The van der Waals surface area contributed by atoms with Crippen LogP contribution in [0.1, 0.15) is 17.3 Å². The van der Waals surface area contributed by atoms with E-state index in [4.69, 9.17) is 32.7 Å². The van der Waals surface area contributed by atoms with E-state index in [1.165, 1.54) is 28.7 Å². The molecule has 1 aromatic carbocycles. The quantitative estimate of drug-likeness (QED) is 0.666. The van der Waals surface area contributed by atoms with Gasteiger partial charge in [-0.25, -0.2) is 13.4 Å². The number of carbonyl (C=O) groups excluding carboxylic acids is 1. The number of aromatic nitrogens is 1. The second-order valence-corrected chi connectivity index (χ2v) is 8.73. The zero-order valence-corrected chi connectivity index (χ0v) is 17.9. The number of nitrogens with one attached hydrogen (secondary N) is 1. The molecule has 1 saturated heterocycles. The molecule has 1 N–H and O–H groups in total. The van der Waals surface area contributed by atoms with Crippen molar-refractivity contribution in [1.82, 2.24) is 9.29 Å². The molecule has 0 aliphatic carbocycles. The van der Waals surface area contributed by atoms with Crippen LogP contribution in [0.2, 0.25) is 10.2 Å². The summed E-state index contributed by atoms with van der Waals surface area (Å²) < 4.78 is 38.3. The molecule has 1 amide bonds. The van der Waals surface area contributed by atoms with Gasteiger partial charge < -0.3 is 14.8 Å². The van der Waals surface area contributed by atoms with Gasteiger partial charge in [-0.15, -0.1) is 0 Å². The average Bonchev–Trinajstić information content (AvgIpc) is 2.72. The first-order valence-electron chi connectivity index (χ1n) is 8.80. The van der Waals surface area contributed by atoms with Gasteiger partial charge in [0.2, 0.25) is 10.0 Å². The van der Waals surface area contributed by atoms with Gasteiger partial charge in [0, 0.05) is 25.0 Å². The average molecular weight is 460 g/mol. The third kappa shape index (κ3) is 4.99. The highest BCUT2D eigenvalue weighted by molar-refractivity contribution is 7.89. The Kier molecular flexibility index (Phi) is 6.97. The molecular weight excluding hydrogens is 441 g/mol. The van der Waals surface area contributed by atoms with Crippen LogP contribution in [0.5, 0.6) is 5.75 Å². The third-order valence-electron chi connectivity index (χ3n) is 4.15. The number of pyridine rings is 1. The number of sulfonamides is 1. The van der Waals surface area contributed by atoms with Gasteiger partial charge in [-0.3, -0.25) is 4.79 Å². The Balaban J connectivity index is 1.91. The lowest BCUT2D eigenvalue weighted by molar-refractivity contribution is 0.0729. The molecule has 2 heterocycles. The first-order chi connectivity index (χ1) is 13.8.